The molecule has 5 nitrogen and oxygen atoms in total. The highest BCUT2D eigenvalue weighted by molar-refractivity contribution is 9.10. The average molecular weight is 552 g/mol. The Kier molecular flexibility index (Phi) is 10.1. The van der Waals surface area contributed by atoms with Crippen molar-refractivity contribution in [1.29, 1.82) is 0 Å². The van der Waals surface area contributed by atoms with Gasteiger partial charge in [-0.3, -0.25) is 9.59 Å². The molecule has 0 heterocycles. The van der Waals surface area contributed by atoms with E-state index in [2.05, 4.69) is 35.1 Å². The van der Waals surface area contributed by atoms with E-state index in [0.717, 1.165) is 26.7 Å². The van der Waals surface area contributed by atoms with Crippen LogP contribution in [-0.2, 0) is 22.6 Å². The second-order valence-corrected chi connectivity index (χ2v) is 10.5. The summed E-state index contributed by atoms with van der Waals surface area (Å²) in [6.45, 7) is 8.78. The molecule has 0 saturated carbocycles. The molecule has 0 spiro atoms. The van der Waals surface area contributed by atoms with Crippen LogP contribution in [0.4, 0.5) is 0 Å². The van der Waals surface area contributed by atoms with Crippen LogP contribution in [0.3, 0.4) is 0 Å². The first-order valence-corrected chi connectivity index (χ1v) is 13.1. The number of halogens is 1. The molecule has 0 aliphatic heterocycles. The number of hydrogen-bond acceptors (Lipinski definition) is 3. The molecule has 2 amide bonds. The van der Waals surface area contributed by atoms with Crippen molar-refractivity contribution in [2.45, 2.75) is 46.7 Å². The Morgan fingerprint density at radius 2 is 1.64 bits per heavy atom. The lowest BCUT2D eigenvalue weighted by Crippen LogP contribution is -2.52. The van der Waals surface area contributed by atoms with Crippen molar-refractivity contribution < 1.29 is 14.3 Å². The van der Waals surface area contributed by atoms with E-state index in [9.17, 15) is 9.59 Å². The fraction of sp³-hybridized carbons (Fsp3) is 0.333. The Morgan fingerprint density at radius 3 is 2.28 bits per heavy atom. The maximum Gasteiger partial charge on any atom is 0.261 e. The number of carbonyl (C=O) groups excluding carboxylic acids is 2. The minimum Gasteiger partial charge on any atom is -0.483 e. The molecule has 1 N–H and O–H groups in total. The zero-order valence-electron chi connectivity index (χ0n) is 21.5. The summed E-state index contributed by atoms with van der Waals surface area (Å²) in [7, 11) is 0. The van der Waals surface area contributed by atoms with Gasteiger partial charge >= 0.3 is 0 Å². The zero-order valence-corrected chi connectivity index (χ0v) is 23.0. The Morgan fingerprint density at radius 1 is 0.944 bits per heavy atom. The number of carbonyl (C=O) groups is 2. The molecule has 3 rings (SSSR count). The molecule has 6 heteroatoms. The molecular weight excluding hydrogens is 516 g/mol. The maximum absolute atomic E-state index is 13.7. The molecule has 0 saturated heterocycles. The molecule has 0 aromatic heterocycles. The van der Waals surface area contributed by atoms with E-state index in [4.69, 9.17) is 4.74 Å². The summed E-state index contributed by atoms with van der Waals surface area (Å²) in [5.41, 5.74) is 4.03. The first-order valence-electron chi connectivity index (χ1n) is 12.3. The minimum atomic E-state index is -0.676. The van der Waals surface area contributed by atoms with E-state index in [0.29, 0.717) is 31.2 Å². The van der Waals surface area contributed by atoms with E-state index in [1.807, 2.05) is 86.6 Å². The van der Waals surface area contributed by atoms with Gasteiger partial charge in [-0.05, 0) is 54.7 Å². The summed E-state index contributed by atoms with van der Waals surface area (Å²) < 4.78 is 6.90. The average Bonchev–Trinajstić information content (AvgIpc) is 2.85. The number of ether oxygens (including phenoxy) is 1. The number of rotatable bonds is 11. The molecule has 0 aliphatic rings. The summed E-state index contributed by atoms with van der Waals surface area (Å²) in [5, 5.41) is 3.04. The number of aryl methyl sites for hydroxylation is 2. The summed E-state index contributed by atoms with van der Waals surface area (Å²) in [5.74, 6) is 0.569. The second kappa shape index (κ2) is 13.3. The maximum atomic E-state index is 13.7. The lowest BCUT2D eigenvalue weighted by molar-refractivity contribution is -0.142. The van der Waals surface area contributed by atoms with Crippen molar-refractivity contribution in [3.05, 3.63) is 99.5 Å². The third-order valence-electron chi connectivity index (χ3n) is 5.90. The molecule has 0 fully saturated rings. The van der Waals surface area contributed by atoms with Gasteiger partial charge < -0.3 is 15.0 Å². The van der Waals surface area contributed by atoms with E-state index >= 15 is 0 Å². The number of amides is 2. The van der Waals surface area contributed by atoms with Crippen LogP contribution in [0.25, 0.3) is 0 Å². The standard InChI is InChI=1S/C30H35BrN2O3/c1-21(2)18-32-30(35)27(17-24-8-6-5-7-9-24)33(19-25-11-13-26(31)14-12-25)29(34)20-36-28-15-10-22(3)16-23(28)4/h5-16,21,27H,17-20H2,1-4H3,(H,32,35). The highest BCUT2D eigenvalue weighted by Crippen LogP contribution is 2.21. The van der Waals surface area contributed by atoms with Gasteiger partial charge in [-0.15, -0.1) is 0 Å². The minimum absolute atomic E-state index is 0.150. The van der Waals surface area contributed by atoms with Crippen molar-refractivity contribution in [3.63, 3.8) is 0 Å². The molecule has 190 valence electrons. The van der Waals surface area contributed by atoms with Gasteiger partial charge in [0.1, 0.15) is 11.8 Å². The number of hydrogen-bond donors (Lipinski definition) is 1. The molecule has 0 radical (unpaired) electrons. The topological polar surface area (TPSA) is 58.6 Å². The molecule has 36 heavy (non-hydrogen) atoms. The Hall–Kier alpha value is -3.12. The smallest absolute Gasteiger partial charge is 0.261 e. The van der Waals surface area contributed by atoms with Crippen LogP contribution in [0.2, 0.25) is 0 Å². The van der Waals surface area contributed by atoms with Crippen LogP contribution < -0.4 is 10.1 Å². The van der Waals surface area contributed by atoms with E-state index in [1.165, 1.54) is 0 Å². The first kappa shape index (κ1) is 27.5. The van der Waals surface area contributed by atoms with Gasteiger partial charge in [-0.25, -0.2) is 0 Å². The predicted octanol–water partition coefficient (Wildman–Crippen LogP) is 5.86. The molecule has 1 unspecified atom stereocenters. The third kappa shape index (κ3) is 8.23. The van der Waals surface area contributed by atoms with Crippen LogP contribution in [0.15, 0.2) is 77.3 Å². The fourth-order valence-electron chi connectivity index (χ4n) is 3.95. The Balaban J connectivity index is 1.90. The van der Waals surface area contributed by atoms with Crippen LogP contribution in [0.5, 0.6) is 5.75 Å². The summed E-state index contributed by atoms with van der Waals surface area (Å²) in [4.78, 5) is 28.8. The first-order chi connectivity index (χ1) is 17.2. The van der Waals surface area contributed by atoms with Crippen molar-refractivity contribution in [3.8, 4) is 5.75 Å². The van der Waals surface area contributed by atoms with Crippen LogP contribution in [0.1, 0.15) is 36.1 Å². The Bertz CT molecular complexity index is 1150. The van der Waals surface area contributed by atoms with E-state index < -0.39 is 6.04 Å². The fourth-order valence-corrected chi connectivity index (χ4v) is 4.21. The van der Waals surface area contributed by atoms with Crippen molar-refractivity contribution in [1.82, 2.24) is 10.2 Å². The number of benzene rings is 3. The van der Waals surface area contributed by atoms with Gasteiger partial charge in [-0.2, -0.15) is 0 Å². The van der Waals surface area contributed by atoms with Crippen molar-refractivity contribution in [2.75, 3.05) is 13.2 Å². The summed E-state index contributed by atoms with van der Waals surface area (Å²) >= 11 is 3.47. The molecule has 1 atom stereocenters. The van der Waals surface area contributed by atoms with Crippen LogP contribution >= 0.6 is 15.9 Å². The second-order valence-electron chi connectivity index (χ2n) is 9.55. The lowest BCUT2D eigenvalue weighted by Gasteiger charge is -2.32. The van der Waals surface area contributed by atoms with Crippen LogP contribution in [-0.4, -0.2) is 35.9 Å². The summed E-state index contributed by atoms with van der Waals surface area (Å²) in [6, 6.07) is 22.8. The predicted molar refractivity (Wildman–Crippen MR) is 148 cm³/mol. The number of nitrogens with zero attached hydrogens (tertiary/aromatic N) is 1. The quantitative estimate of drug-likeness (QED) is 0.325. The monoisotopic (exact) mass is 550 g/mol. The van der Waals surface area contributed by atoms with Gasteiger partial charge in [0.25, 0.3) is 5.91 Å². The van der Waals surface area contributed by atoms with Gasteiger partial charge in [0.05, 0.1) is 0 Å². The van der Waals surface area contributed by atoms with Crippen molar-refractivity contribution in [2.24, 2.45) is 5.92 Å². The number of nitrogens with one attached hydrogen (secondary N) is 1. The highest BCUT2D eigenvalue weighted by Gasteiger charge is 2.30. The molecule has 0 aliphatic carbocycles. The SMILES string of the molecule is Cc1ccc(OCC(=O)N(Cc2ccc(Br)cc2)C(Cc2ccccc2)C(=O)NCC(C)C)c(C)c1. The Labute approximate surface area is 223 Å². The highest BCUT2D eigenvalue weighted by atomic mass is 79.9. The summed E-state index contributed by atoms with van der Waals surface area (Å²) in [6.07, 6.45) is 0.413. The van der Waals surface area contributed by atoms with Gasteiger partial charge in [-0.1, -0.05) is 89.9 Å². The van der Waals surface area contributed by atoms with Crippen LogP contribution in [0, 0.1) is 19.8 Å². The largest absolute Gasteiger partial charge is 0.483 e. The van der Waals surface area contributed by atoms with E-state index in [-0.39, 0.29) is 18.4 Å². The van der Waals surface area contributed by atoms with Crippen molar-refractivity contribution >= 4 is 27.7 Å². The lowest BCUT2D eigenvalue weighted by atomic mass is 10.0. The molecule has 0 bridgehead atoms. The molecule has 3 aromatic carbocycles. The van der Waals surface area contributed by atoms with E-state index in [1.54, 1.807) is 4.90 Å². The molecule has 3 aromatic rings. The normalized spacial score (nSPS) is 11.7. The molecular formula is C30H35BrN2O3. The van der Waals surface area contributed by atoms with Gasteiger partial charge in [0.15, 0.2) is 6.61 Å². The third-order valence-corrected chi connectivity index (χ3v) is 6.43. The van der Waals surface area contributed by atoms with Gasteiger partial charge in [0.2, 0.25) is 5.91 Å². The van der Waals surface area contributed by atoms with Gasteiger partial charge in [0, 0.05) is 24.0 Å². The zero-order chi connectivity index (χ0) is 26.1.